The molecule has 1 N–H and O–H groups in total. The molecule has 1 atom stereocenters. The molecule has 0 bridgehead atoms. The third-order valence-corrected chi connectivity index (χ3v) is 3.61. The van der Waals surface area contributed by atoms with Gasteiger partial charge in [0, 0.05) is 6.61 Å². The minimum atomic E-state index is -4.97. The van der Waals surface area contributed by atoms with Crippen molar-refractivity contribution in [2.24, 2.45) is 0 Å². The van der Waals surface area contributed by atoms with Crippen molar-refractivity contribution in [2.45, 2.75) is 32.4 Å². The number of rotatable bonds is 9. The first-order chi connectivity index (χ1) is 13.2. The number of hydrogen-bond acceptors (Lipinski definition) is 4. The Morgan fingerprint density at radius 2 is 1.82 bits per heavy atom. The van der Waals surface area contributed by atoms with Crippen molar-refractivity contribution in [3.63, 3.8) is 0 Å². The van der Waals surface area contributed by atoms with Crippen molar-refractivity contribution in [3.8, 4) is 11.5 Å². The maximum Gasteiger partial charge on any atom is 0.573 e. The van der Waals surface area contributed by atoms with Crippen molar-refractivity contribution < 1.29 is 41.7 Å². The van der Waals surface area contributed by atoms with Gasteiger partial charge in [-0.15, -0.1) is 13.2 Å². The Bertz CT molecular complexity index is 790. The van der Waals surface area contributed by atoms with Crippen LogP contribution in [0.3, 0.4) is 0 Å². The zero-order valence-electron chi connectivity index (χ0n) is 14.8. The van der Waals surface area contributed by atoms with Gasteiger partial charge in [-0.05, 0) is 42.3 Å². The Balaban J connectivity index is 1.99. The summed E-state index contributed by atoms with van der Waals surface area (Å²) in [6, 6.07) is 9.54. The topological polar surface area (TPSA) is 65.0 Å². The zero-order chi connectivity index (χ0) is 20.7. The van der Waals surface area contributed by atoms with Crippen LogP contribution in [0.25, 0.3) is 0 Å². The van der Waals surface area contributed by atoms with Crippen molar-refractivity contribution in [3.05, 3.63) is 59.4 Å². The lowest BCUT2D eigenvalue weighted by atomic mass is 10.1. The van der Waals surface area contributed by atoms with Crippen LogP contribution in [-0.4, -0.2) is 24.0 Å². The molecule has 0 amide bonds. The first-order valence-electron chi connectivity index (χ1n) is 8.28. The SMILES string of the molecule is CCO[C@@H](CC(=O)O)c1ccc(OCc2ccc(OC(F)(F)F)c(F)c2)cc1. The van der Waals surface area contributed by atoms with Gasteiger partial charge in [0.05, 0.1) is 12.5 Å². The molecule has 0 heterocycles. The number of hydrogen-bond donors (Lipinski definition) is 1. The van der Waals surface area contributed by atoms with Gasteiger partial charge in [-0.25, -0.2) is 4.39 Å². The lowest BCUT2D eigenvalue weighted by Crippen LogP contribution is -2.18. The molecule has 0 spiro atoms. The van der Waals surface area contributed by atoms with E-state index in [9.17, 15) is 22.4 Å². The van der Waals surface area contributed by atoms with Crippen LogP contribution < -0.4 is 9.47 Å². The van der Waals surface area contributed by atoms with Gasteiger partial charge in [0.25, 0.3) is 0 Å². The van der Waals surface area contributed by atoms with Crippen LogP contribution in [0, 0.1) is 5.82 Å². The molecule has 0 aliphatic heterocycles. The highest BCUT2D eigenvalue weighted by Gasteiger charge is 2.32. The molecule has 0 aliphatic carbocycles. The van der Waals surface area contributed by atoms with E-state index in [0.717, 1.165) is 12.1 Å². The Kier molecular flexibility index (Phi) is 7.22. The molecule has 5 nitrogen and oxygen atoms in total. The summed E-state index contributed by atoms with van der Waals surface area (Å²) < 4.78 is 64.6. The van der Waals surface area contributed by atoms with Gasteiger partial charge in [-0.3, -0.25) is 4.79 Å². The van der Waals surface area contributed by atoms with E-state index in [4.69, 9.17) is 14.6 Å². The fourth-order valence-corrected chi connectivity index (χ4v) is 2.42. The molecule has 0 radical (unpaired) electrons. The molecule has 0 unspecified atom stereocenters. The van der Waals surface area contributed by atoms with Crippen molar-refractivity contribution in [2.75, 3.05) is 6.61 Å². The fourth-order valence-electron chi connectivity index (χ4n) is 2.42. The van der Waals surface area contributed by atoms with E-state index >= 15 is 0 Å². The fraction of sp³-hybridized carbons (Fsp3) is 0.316. The largest absolute Gasteiger partial charge is 0.573 e. The van der Waals surface area contributed by atoms with Crippen LogP contribution in [0.5, 0.6) is 11.5 Å². The molecule has 0 fully saturated rings. The van der Waals surface area contributed by atoms with E-state index in [1.807, 2.05) is 0 Å². The maximum atomic E-state index is 13.7. The summed E-state index contributed by atoms with van der Waals surface area (Å²) in [5.74, 6) is -2.63. The van der Waals surface area contributed by atoms with Gasteiger partial charge in [0.2, 0.25) is 0 Å². The summed E-state index contributed by atoms with van der Waals surface area (Å²) in [5, 5.41) is 8.93. The van der Waals surface area contributed by atoms with E-state index in [-0.39, 0.29) is 13.0 Å². The van der Waals surface area contributed by atoms with Gasteiger partial charge in [0.15, 0.2) is 11.6 Å². The highest BCUT2D eigenvalue weighted by atomic mass is 19.4. The molecule has 2 aromatic carbocycles. The smallest absolute Gasteiger partial charge is 0.489 e. The van der Waals surface area contributed by atoms with Crippen LogP contribution in [-0.2, 0) is 16.1 Å². The molecule has 0 aromatic heterocycles. The summed E-state index contributed by atoms with van der Waals surface area (Å²) >= 11 is 0. The number of aliphatic carboxylic acids is 1. The molecular formula is C19H18F4O5. The van der Waals surface area contributed by atoms with E-state index in [1.54, 1.807) is 31.2 Å². The second-order valence-corrected chi connectivity index (χ2v) is 5.71. The van der Waals surface area contributed by atoms with Crippen molar-refractivity contribution >= 4 is 5.97 Å². The highest BCUT2D eigenvalue weighted by molar-refractivity contribution is 5.67. The zero-order valence-corrected chi connectivity index (χ0v) is 14.8. The summed E-state index contributed by atoms with van der Waals surface area (Å²) in [5.41, 5.74) is 0.977. The third kappa shape index (κ3) is 6.73. The molecule has 152 valence electrons. The summed E-state index contributed by atoms with van der Waals surface area (Å²) in [6.45, 7) is 2.04. The Morgan fingerprint density at radius 3 is 2.36 bits per heavy atom. The Morgan fingerprint density at radius 1 is 1.14 bits per heavy atom. The molecule has 2 rings (SSSR count). The van der Waals surface area contributed by atoms with Crippen molar-refractivity contribution in [1.82, 2.24) is 0 Å². The third-order valence-electron chi connectivity index (χ3n) is 3.61. The van der Waals surface area contributed by atoms with Crippen LogP contribution in [0.15, 0.2) is 42.5 Å². The average molecular weight is 402 g/mol. The highest BCUT2D eigenvalue weighted by Crippen LogP contribution is 2.27. The number of carbonyl (C=O) groups is 1. The van der Waals surface area contributed by atoms with Gasteiger partial charge in [-0.1, -0.05) is 18.2 Å². The Hall–Kier alpha value is -2.81. The van der Waals surface area contributed by atoms with E-state index in [0.29, 0.717) is 23.5 Å². The molecule has 28 heavy (non-hydrogen) atoms. The molecule has 2 aromatic rings. The first kappa shape index (κ1) is 21.5. The lowest BCUT2D eigenvalue weighted by Gasteiger charge is -2.16. The van der Waals surface area contributed by atoms with Crippen LogP contribution >= 0.6 is 0 Å². The number of benzene rings is 2. The van der Waals surface area contributed by atoms with Gasteiger partial charge in [0.1, 0.15) is 12.4 Å². The maximum absolute atomic E-state index is 13.7. The molecule has 0 aliphatic rings. The minimum absolute atomic E-state index is 0.0768. The van der Waals surface area contributed by atoms with Gasteiger partial charge in [-0.2, -0.15) is 0 Å². The molecule has 0 saturated carbocycles. The van der Waals surface area contributed by atoms with Gasteiger partial charge >= 0.3 is 12.3 Å². The summed E-state index contributed by atoms with van der Waals surface area (Å²) in [4.78, 5) is 10.9. The second-order valence-electron chi connectivity index (χ2n) is 5.71. The van der Waals surface area contributed by atoms with Crippen LogP contribution in [0.1, 0.15) is 30.6 Å². The van der Waals surface area contributed by atoms with Crippen LogP contribution in [0.4, 0.5) is 17.6 Å². The number of carboxylic acid groups (broad SMARTS) is 1. The van der Waals surface area contributed by atoms with E-state index in [1.165, 1.54) is 6.07 Å². The van der Waals surface area contributed by atoms with Gasteiger partial charge < -0.3 is 19.3 Å². The molecule has 0 saturated heterocycles. The monoisotopic (exact) mass is 402 g/mol. The number of ether oxygens (including phenoxy) is 3. The normalized spacial score (nSPS) is 12.5. The number of alkyl halides is 3. The van der Waals surface area contributed by atoms with Crippen LogP contribution in [0.2, 0.25) is 0 Å². The predicted molar refractivity (Wildman–Crippen MR) is 90.5 cm³/mol. The molecule has 9 heteroatoms. The average Bonchev–Trinajstić information content (AvgIpc) is 2.61. The standard InChI is InChI=1S/C19H18F4O5/c1-2-26-17(10-18(24)25)13-4-6-14(7-5-13)27-11-12-3-8-16(15(20)9-12)28-19(21,22)23/h3-9,17H,2,10-11H2,1H3,(H,24,25)/t17-/m0/s1. The Labute approximate surface area is 158 Å². The molecular weight excluding hydrogens is 384 g/mol. The minimum Gasteiger partial charge on any atom is -0.489 e. The predicted octanol–water partition coefficient (Wildman–Crippen LogP) is 4.86. The number of halogens is 4. The number of carboxylic acids is 1. The lowest BCUT2D eigenvalue weighted by molar-refractivity contribution is -0.275. The quantitative estimate of drug-likeness (QED) is 0.607. The summed E-state index contributed by atoms with van der Waals surface area (Å²) in [7, 11) is 0. The van der Waals surface area contributed by atoms with E-state index < -0.39 is 30.0 Å². The first-order valence-corrected chi connectivity index (χ1v) is 8.28. The van der Waals surface area contributed by atoms with Crippen molar-refractivity contribution in [1.29, 1.82) is 0 Å². The van der Waals surface area contributed by atoms with E-state index in [2.05, 4.69) is 4.74 Å². The second kappa shape index (κ2) is 9.41. The summed E-state index contributed by atoms with van der Waals surface area (Å²) in [6.07, 6.45) is -5.74.